The molecular formula is C16H14N4O2. The first-order valence-electron chi connectivity index (χ1n) is 6.67. The van der Waals surface area contributed by atoms with Gasteiger partial charge in [0.2, 0.25) is 0 Å². The summed E-state index contributed by atoms with van der Waals surface area (Å²) < 4.78 is 6.76. The Hall–Kier alpha value is -3.15. The number of rotatable bonds is 4. The summed E-state index contributed by atoms with van der Waals surface area (Å²) in [5.74, 6) is 0.512. The maximum Gasteiger partial charge on any atom is 0.255 e. The van der Waals surface area contributed by atoms with Gasteiger partial charge in [0.15, 0.2) is 0 Å². The normalized spacial score (nSPS) is 10.2. The van der Waals surface area contributed by atoms with E-state index in [0.717, 1.165) is 5.69 Å². The number of nitrogens with zero attached hydrogens (tertiary/aromatic N) is 3. The summed E-state index contributed by atoms with van der Waals surface area (Å²) >= 11 is 0. The van der Waals surface area contributed by atoms with Crippen LogP contribution in [-0.4, -0.2) is 27.8 Å². The molecule has 1 heterocycles. The van der Waals surface area contributed by atoms with Gasteiger partial charge in [-0.05, 0) is 36.4 Å². The fraction of sp³-hybridized carbons (Fsp3) is 0.0625. The Morgan fingerprint density at radius 2 is 2.00 bits per heavy atom. The van der Waals surface area contributed by atoms with Gasteiger partial charge < -0.3 is 10.1 Å². The highest BCUT2D eigenvalue weighted by Crippen LogP contribution is 2.18. The molecule has 0 atom stereocenters. The number of anilines is 1. The summed E-state index contributed by atoms with van der Waals surface area (Å²) in [6.07, 6.45) is 3.06. The molecule has 110 valence electrons. The van der Waals surface area contributed by atoms with Crippen molar-refractivity contribution >= 4 is 11.6 Å². The zero-order valence-electron chi connectivity index (χ0n) is 11.9. The number of nitrogens with one attached hydrogen (secondary N) is 1. The van der Waals surface area contributed by atoms with Crippen LogP contribution in [-0.2, 0) is 0 Å². The van der Waals surface area contributed by atoms with E-state index < -0.39 is 0 Å². The molecule has 0 spiro atoms. The highest BCUT2D eigenvalue weighted by Gasteiger charge is 2.07. The van der Waals surface area contributed by atoms with E-state index in [1.54, 1.807) is 36.3 Å². The Balaban J connectivity index is 1.74. The molecule has 0 fully saturated rings. The zero-order chi connectivity index (χ0) is 15.4. The quantitative estimate of drug-likeness (QED) is 0.802. The van der Waals surface area contributed by atoms with Crippen LogP contribution in [0.15, 0.2) is 61.2 Å². The van der Waals surface area contributed by atoms with Gasteiger partial charge in [0.25, 0.3) is 5.91 Å². The van der Waals surface area contributed by atoms with Crippen molar-refractivity contribution < 1.29 is 9.53 Å². The third-order valence-corrected chi connectivity index (χ3v) is 3.14. The molecular weight excluding hydrogens is 280 g/mol. The molecule has 22 heavy (non-hydrogen) atoms. The van der Waals surface area contributed by atoms with Gasteiger partial charge in [-0.2, -0.15) is 5.10 Å². The Bertz CT molecular complexity index is 767. The van der Waals surface area contributed by atoms with Crippen LogP contribution in [0.25, 0.3) is 5.69 Å². The number of carbonyl (C=O) groups excluding carboxylic acids is 1. The van der Waals surface area contributed by atoms with Crippen molar-refractivity contribution in [1.82, 2.24) is 14.8 Å². The Morgan fingerprint density at radius 1 is 1.18 bits per heavy atom. The number of methoxy groups -OCH3 is 1. The molecule has 0 bridgehead atoms. The first-order chi connectivity index (χ1) is 10.8. The predicted molar refractivity (Wildman–Crippen MR) is 82.3 cm³/mol. The first-order valence-corrected chi connectivity index (χ1v) is 6.67. The number of carbonyl (C=O) groups is 1. The lowest BCUT2D eigenvalue weighted by molar-refractivity contribution is 0.102. The van der Waals surface area contributed by atoms with Crippen LogP contribution in [0.4, 0.5) is 5.69 Å². The molecule has 1 aromatic heterocycles. The molecule has 6 nitrogen and oxygen atoms in total. The van der Waals surface area contributed by atoms with Gasteiger partial charge in [-0.15, -0.1) is 0 Å². The Morgan fingerprint density at radius 3 is 2.68 bits per heavy atom. The fourth-order valence-electron chi connectivity index (χ4n) is 2.01. The third kappa shape index (κ3) is 2.95. The molecule has 0 aliphatic heterocycles. The van der Waals surface area contributed by atoms with Gasteiger partial charge in [0, 0.05) is 17.3 Å². The van der Waals surface area contributed by atoms with E-state index in [-0.39, 0.29) is 5.91 Å². The van der Waals surface area contributed by atoms with E-state index in [1.165, 1.54) is 6.33 Å². The molecule has 0 aliphatic rings. The van der Waals surface area contributed by atoms with E-state index in [9.17, 15) is 4.79 Å². The van der Waals surface area contributed by atoms with Crippen molar-refractivity contribution in [1.29, 1.82) is 0 Å². The molecule has 1 amide bonds. The van der Waals surface area contributed by atoms with Crippen molar-refractivity contribution in [3.05, 3.63) is 66.7 Å². The summed E-state index contributed by atoms with van der Waals surface area (Å²) in [6, 6.07) is 14.3. The SMILES string of the molecule is COc1cccc(NC(=O)c2ccc(-n3cncn3)cc2)c1. The summed E-state index contributed by atoms with van der Waals surface area (Å²) in [5, 5.41) is 6.87. The topological polar surface area (TPSA) is 69.0 Å². The number of aromatic nitrogens is 3. The largest absolute Gasteiger partial charge is 0.497 e. The predicted octanol–water partition coefficient (Wildman–Crippen LogP) is 2.53. The maximum absolute atomic E-state index is 12.2. The third-order valence-electron chi connectivity index (χ3n) is 3.14. The molecule has 0 radical (unpaired) electrons. The zero-order valence-corrected chi connectivity index (χ0v) is 11.9. The lowest BCUT2D eigenvalue weighted by Crippen LogP contribution is -2.12. The fourth-order valence-corrected chi connectivity index (χ4v) is 2.01. The van der Waals surface area contributed by atoms with Gasteiger partial charge in [-0.25, -0.2) is 9.67 Å². The number of ether oxygens (including phenoxy) is 1. The smallest absolute Gasteiger partial charge is 0.255 e. The number of hydrogen-bond donors (Lipinski definition) is 1. The Kier molecular flexibility index (Phi) is 3.82. The van der Waals surface area contributed by atoms with Crippen LogP contribution in [0.2, 0.25) is 0 Å². The molecule has 1 N–H and O–H groups in total. The highest BCUT2D eigenvalue weighted by molar-refractivity contribution is 6.04. The second-order valence-electron chi connectivity index (χ2n) is 4.57. The lowest BCUT2D eigenvalue weighted by Gasteiger charge is -2.07. The van der Waals surface area contributed by atoms with Crippen LogP contribution >= 0.6 is 0 Å². The maximum atomic E-state index is 12.2. The summed E-state index contributed by atoms with van der Waals surface area (Å²) in [7, 11) is 1.59. The molecule has 3 rings (SSSR count). The standard InChI is InChI=1S/C16H14N4O2/c1-22-15-4-2-3-13(9-15)19-16(21)12-5-7-14(8-6-12)20-11-17-10-18-20/h2-11H,1H3,(H,19,21). The highest BCUT2D eigenvalue weighted by atomic mass is 16.5. The summed E-state index contributed by atoms with van der Waals surface area (Å²) in [4.78, 5) is 16.1. The van der Waals surface area contributed by atoms with Crippen LogP contribution in [0, 0.1) is 0 Å². The Labute approximate surface area is 127 Å². The van der Waals surface area contributed by atoms with Gasteiger partial charge in [-0.3, -0.25) is 4.79 Å². The molecule has 3 aromatic rings. The second kappa shape index (κ2) is 6.09. The summed E-state index contributed by atoms with van der Waals surface area (Å²) in [5.41, 5.74) is 2.09. The average Bonchev–Trinajstić information content (AvgIpc) is 3.09. The lowest BCUT2D eigenvalue weighted by atomic mass is 10.2. The number of benzene rings is 2. The van der Waals surface area contributed by atoms with Gasteiger partial charge in [-0.1, -0.05) is 6.07 Å². The van der Waals surface area contributed by atoms with Gasteiger partial charge in [0.05, 0.1) is 12.8 Å². The van der Waals surface area contributed by atoms with E-state index in [4.69, 9.17) is 4.74 Å². The van der Waals surface area contributed by atoms with Gasteiger partial charge >= 0.3 is 0 Å². The van der Waals surface area contributed by atoms with E-state index in [1.807, 2.05) is 30.3 Å². The second-order valence-corrected chi connectivity index (χ2v) is 4.57. The average molecular weight is 294 g/mol. The molecule has 0 saturated heterocycles. The van der Waals surface area contributed by atoms with Crippen molar-refractivity contribution in [3.8, 4) is 11.4 Å². The molecule has 0 saturated carbocycles. The molecule has 0 aliphatic carbocycles. The molecule has 2 aromatic carbocycles. The van der Waals surface area contributed by atoms with Crippen LogP contribution < -0.4 is 10.1 Å². The minimum absolute atomic E-state index is 0.182. The van der Waals surface area contributed by atoms with Crippen molar-refractivity contribution in [3.63, 3.8) is 0 Å². The van der Waals surface area contributed by atoms with E-state index in [2.05, 4.69) is 15.4 Å². The molecule has 0 unspecified atom stereocenters. The van der Waals surface area contributed by atoms with Gasteiger partial charge in [0.1, 0.15) is 18.4 Å². The van der Waals surface area contributed by atoms with E-state index >= 15 is 0 Å². The summed E-state index contributed by atoms with van der Waals surface area (Å²) in [6.45, 7) is 0. The van der Waals surface area contributed by atoms with Crippen molar-refractivity contribution in [2.75, 3.05) is 12.4 Å². The molecule has 6 heteroatoms. The van der Waals surface area contributed by atoms with Crippen LogP contribution in [0.3, 0.4) is 0 Å². The van der Waals surface area contributed by atoms with Crippen LogP contribution in [0.5, 0.6) is 5.75 Å². The van der Waals surface area contributed by atoms with E-state index in [0.29, 0.717) is 17.0 Å². The van der Waals surface area contributed by atoms with Crippen molar-refractivity contribution in [2.24, 2.45) is 0 Å². The van der Waals surface area contributed by atoms with Crippen molar-refractivity contribution in [2.45, 2.75) is 0 Å². The monoisotopic (exact) mass is 294 g/mol. The minimum Gasteiger partial charge on any atom is -0.497 e. The minimum atomic E-state index is -0.182. The number of hydrogen-bond acceptors (Lipinski definition) is 4. The first kappa shape index (κ1) is 13.8. The number of amides is 1. The van der Waals surface area contributed by atoms with Crippen LogP contribution in [0.1, 0.15) is 10.4 Å².